The van der Waals surface area contributed by atoms with Gasteiger partial charge in [-0.3, -0.25) is 9.59 Å². The topological polar surface area (TPSA) is 40.6 Å². The Morgan fingerprint density at radius 1 is 0.889 bits per heavy atom. The van der Waals surface area contributed by atoms with E-state index in [4.69, 9.17) is 0 Å². The number of rotatable bonds is 2. The summed E-state index contributed by atoms with van der Waals surface area (Å²) in [5, 5.41) is 0. The van der Waals surface area contributed by atoms with Crippen LogP contribution < -0.4 is 0 Å². The van der Waals surface area contributed by atoms with E-state index in [0.29, 0.717) is 38.0 Å². The Morgan fingerprint density at radius 3 is 2.04 bits per heavy atom. The summed E-state index contributed by atoms with van der Waals surface area (Å²) in [5.74, 6) is 1.35. The zero-order chi connectivity index (χ0) is 19.2. The smallest absolute Gasteiger partial charge is 0.339 e. The molecule has 1 aromatic rings. The second-order valence-corrected chi connectivity index (χ2v) is 7.97. The molecular weight excluding hydrogens is 357 g/mol. The van der Waals surface area contributed by atoms with Gasteiger partial charge in [0.2, 0.25) is 5.91 Å². The molecule has 0 N–H and O–H groups in total. The highest BCUT2D eigenvalue weighted by molar-refractivity contribution is 5.94. The van der Waals surface area contributed by atoms with Crippen molar-refractivity contribution in [2.24, 2.45) is 17.8 Å². The number of halogens is 3. The molecule has 0 radical (unpaired) electrons. The Morgan fingerprint density at radius 2 is 1.52 bits per heavy atom. The monoisotopic (exact) mass is 380 g/mol. The highest BCUT2D eigenvalue weighted by Crippen LogP contribution is 2.48. The van der Waals surface area contributed by atoms with Gasteiger partial charge < -0.3 is 9.80 Å². The van der Waals surface area contributed by atoms with Gasteiger partial charge >= 0.3 is 6.18 Å². The first-order valence-electron chi connectivity index (χ1n) is 9.58. The van der Waals surface area contributed by atoms with E-state index in [9.17, 15) is 22.8 Å². The molecule has 2 saturated carbocycles. The molecule has 3 aliphatic rings. The first-order chi connectivity index (χ1) is 12.8. The number of carbonyl (C=O) groups excluding carboxylic acids is 2. The number of nitrogens with zero attached hydrogens (tertiary/aromatic N) is 2. The van der Waals surface area contributed by atoms with Crippen LogP contribution in [0.2, 0.25) is 0 Å². The minimum absolute atomic E-state index is 0.154. The number of fused-ring (bicyclic) bond motifs is 2. The molecule has 1 aromatic carbocycles. The van der Waals surface area contributed by atoms with Crippen molar-refractivity contribution in [1.29, 1.82) is 0 Å². The Balaban J connectivity index is 1.33. The minimum Gasteiger partial charge on any atom is -0.339 e. The maximum absolute atomic E-state index is 12.8. The number of benzene rings is 1. The highest BCUT2D eigenvalue weighted by Gasteiger charge is 2.44. The van der Waals surface area contributed by atoms with Crippen molar-refractivity contribution in [2.75, 3.05) is 26.2 Å². The van der Waals surface area contributed by atoms with Crippen molar-refractivity contribution in [3.63, 3.8) is 0 Å². The Labute approximate surface area is 156 Å². The molecule has 1 heterocycles. The summed E-state index contributed by atoms with van der Waals surface area (Å²) in [6.07, 6.45) is 0.196. The lowest BCUT2D eigenvalue weighted by atomic mass is 9.87. The van der Waals surface area contributed by atoms with Crippen molar-refractivity contribution in [3.05, 3.63) is 35.4 Å². The quantitative estimate of drug-likeness (QED) is 0.789. The number of carbonyl (C=O) groups is 2. The average molecular weight is 380 g/mol. The molecule has 3 atom stereocenters. The molecule has 7 heteroatoms. The van der Waals surface area contributed by atoms with E-state index >= 15 is 0 Å². The summed E-state index contributed by atoms with van der Waals surface area (Å²) in [7, 11) is 0. The minimum atomic E-state index is -4.41. The van der Waals surface area contributed by atoms with Gasteiger partial charge in [-0.2, -0.15) is 13.2 Å². The standard InChI is InChI=1S/C20H23F3N2O2/c21-20(22,23)16-5-3-14(4-6-16)18(26)24-7-9-25(10-8-24)19(27)17-12-13-1-2-15(17)11-13/h3-6,13,15,17H,1-2,7-12H2. The van der Waals surface area contributed by atoms with E-state index in [-0.39, 0.29) is 23.3 Å². The lowest BCUT2D eigenvalue weighted by molar-refractivity contribution is -0.139. The zero-order valence-corrected chi connectivity index (χ0v) is 15.0. The lowest BCUT2D eigenvalue weighted by Gasteiger charge is -2.37. The Kier molecular flexibility index (Phi) is 4.64. The van der Waals surface area contributed by atoms with Gasteiger partial charge in [-0.15, -0.1) is 0 Å². The van der Waals surface area contributed by atoms with E-state index in [1.807, 2.05) is 4.90 Å². The summed E-state index contributed by atoms with van der Waals surface area (Å²) in [5.41, 5.74) is -0.517. The second kappa shape index (κ2) is 6.84. The first-order valence-corrected chi connectivity index (χ1v) is 9.58. The fourth-order valence-corrected chi connectivity index (χ4v) is 4.90. The third-order valence-electron chi connectivity index (χ3n) is 6.39. The molecule has 4 nitrogen and oxygen atoms in total. The molecule has 3 fully saturated rings. The fourth-order valence-electron chi connectivity index (χ4n) is 4.90. The third-order valence-corrected chi connectivity index (χ3v) is 6.39. The van der Waals surface area contributed by atoms with Crippen LogP contribution in [0.3, 0.4) is 0 Å². The number of piperazine rings is 1. The molecule has 0 aromatic heterocycles. The fraction of sp³-hybridized carbons (Fsp3) is 0.600. The van der Waals surface area contributed by atoms with Crippen LogP contribution >= 0.6 is 0 Å². The van der Waals surface area contributed by atoms with Crippen LogP contribution in [0.4, 0.5) is 13.2 Å². The van der Waals surface area contributed by atoms with Crippen LogP contribution in [0.5, 0.6) is 0 Å². The summed E-state index contributed by atoms with van der Waals surface area (Å²) < 4.78 is 37.9. The second-order valence-electron chi connectivity index (χ2n) is 7.97. The number of hydrogen-bond donors (Lipinski definition) is 0. The van der Waals surface area contributed by atoms with Gasteiger partial charge in [0, 0.05) is 37.7 Å². The van der Waals surface area contributed by atoms with Gasteiger partial charge in [0.15, 0.2) is 0 Å². The van der Waals surface area contributed by atoms with E-state index in [1.165, 1.54) is 25.0 Å². The predicted octanol–water partition coefficient (Wildman–Crippen LogP) is 3.43. The highest BCUT2D eigenvalue weighted by atomic mass is 19.4. The van der Waals surface area contributed by atoms with Crippen molar-refractivity contribution >= 4 is 11.8 Å². The van der Waals surface area contributed by atoms with Crippen molar-refractivity contribution in [3.8, 4) is 0 Å². The molecule has 2 bridgehead atoms. The number of alkyl halides is 3. The average Bonchev–Trinajstić information content (AvgIpc) is 3.30. The van der Waals surface area contributed by atoms with E-state index < -0.39 is 11.7 Å². The Bertz CT molecular complexity index is 724. The van der Waals surface area contributed by atoms with Crippen LogP contribution in [0.1, 0.15) is 41.6 Å². The molecule has 1 saturated heterocycles. The van der Waals surface area contributed by atoms with Gasteiger partial charge in [0.05, 0.1) is 5.56 Å². The molecule has 2 amide bonds. The van der Waals surface area contributed by atoms with Gasteiger partial charge in [0.1, 0.15) is 0 Å². The maximum Gasteiger partial charge on any atom is 0.416 e. The molecule has 146 valence electrons. The third kappa shape index (κ3) is 3.56. The van der Waals surface area contributed by atoms with E-state index in [2.05, 4.69) is 0 Å². The zero-order valence-electron chi connectivity index (χ0n) is 15.0. The van der Waals surface area contributed by atoms with Gasteiger partial charge in [-0.05, 0) is 55.4 Å². The van der Waals surface area contributed by atoms with Crippen LogP contribution in [0.25, 0.3) is 0 Å². The normalized spacial score (nSPS) is 27.9. The lowest BCUT2D eigenvalue weighted by Crippen LogP contribution is -2.52. The SMILES string of the molecule is O=C(c1ccc(C(F)(F)F)cc1)N1CCN(C(=O)C2CC3CCC2C3)CC1. The summed E-state index contributed by atoms with van der Waals surface area (Å²) >= 11 is 0. The molecule has 0 spiro atoms. The number of amides is 2. The largest absolute Gasteiger partial charge is 0.416 e. The first kappa shape index (κ1) is 18.3. The van der Waals surface area contributed by atoms with Gasteiger partial charge in [-0.1, -0.05) is 6.42 Å². The van der Waals surface area contributed by atoms with E-state index in [0.717, 1.165) is 25.0 Å². The van der Waals surface area contributed by atoms with Crippen LogP contribution in [0, 0.1) is 17.8 Å². The van der Waals surface area contributed by atoms with Gasteiger partial charge in [0.25, 0.3) is 5.91 Å². The molecule has 3 unspecified atom stereocenters. The summed E-state index contributed by atoms with van der Waals surface area (Å²) in [4.78, 5) is 28.8. The summed E-state index contributed by atoms with van der Waals surface area (Å²) in [6, 6.07) is 4.31. The van der Waals surface area contributed by atoms with Crippen molar-refractivity contribution < 1.29 is 22.8 Å². The van der Waals surface area contributed by atoms with Crippen LogP contribution in [-0.4, -0.2) is 47.8 Å². The van der Waals surface area contributed by atoms with Crippen LogP contribution in [-0.2, 0) is 11.0 Å². The Hall–Kier alpha value is -2.05. The molecular formula is C20H23F3N2O2. The molecule has 2 aliphatic carbocycles. The summed E-state index contributed by atoms with van der Waals surface area (Å²) in [6.45, 7) is 1.84. The number of hydrogen-bond acceptors (Lipinski definition) is 2. The predicted molar refractivity (Wildman–Crippen MR) is 92.9 cm³/mol. The molecule has 1 aliphatic heterocycles. The van der Waals surface area contributed by atoms with Crippen molar-refractivity contribution in [2.45, 2.75) is 31.9 Å². The van der Waals surface area contributed by atoms with Crippen LogP contribution in [0.15, 0.2) is 24.3 Å². The molecule has 27 heavy (non-hydrogen) atoms. The molecule has 4 rings (SSSR count). The van der Waals surface area contributed by atoms with E-state index in [1.54, 1.807) is 4.90 Å². The maximum atomic E-state index is 12.8. The van der Waals surface area contributed by atoms with Crippen molar-refractivity contribution in [1.82, 2.24) is 9.80 Å². The van der Waals surface area contributed by atoms with Gasteiger partial charge in [-0.25, -0.2) is 0 Å².